The molecule has 1 heterocycles. The van der Waals surface area contributed by atoms with Gasteiger partial charge in [0.1, 0.15) is 5.01 Å². The smallest absolute Gasteiger partial charge is 0.221 e. The van der Waals surface area contributed by atoms with Crippen molar-refractivity contribution in [2.75, 3.05) is 0 Å². The maximum atomic E-state index is 12.3. The van der Waals surface area contributed by atoms with E-state index in [0.717, 1.165) is 15.2 Å². The van der Waals surface area contributed by atoms with E-state index in [9.17, 15) is 14.4 Å². The molecule has 0 saturated heterocycles. The van der Waals surface area contributed by atoms with Crippen LogP contribution in [0.5, 0.6) is 0 Å². The molecule has 7 heteroatoms. The molecule has 29 heavy (non-hydrogen) atoms. The molecule has 0 radical (unpaired) electrons. The average molecular weight is 410 g/mol. The lowest BCUT2D eigenvalue weighted by atomic mass is 10.1. The summed E-state index contributed by atoms with van der Waals surface area (Å²) in [6, 6.07) is 15.7. The van der Waals surface area contributed by atoms with Gasteiger partial charge in [0.2, 0.25) is 11.8 Å². The second-order valence-corrected chi connectivity index (χ2v) is 7.89. The van der Waals surface area contributed by atoms with E-state index in [2.05, 4.69) is 15.6 Å². The predicted octanol–water partition coefficient (Wildman–Crippen LogP) is 3.64. The number of nitrogens with zero attached hydrogens (tertiary/aromatic N) is 1. The van der Waals surface area contributed by atoms with Gasteiger partial charge >= 0.3 is 0 Å². The van der Waals surface area contributed by atoms with Crippen LogP contribution < -0.4 is 10.6 Å². The minimum atomic E-state index is -0.644. The third-order valence-corrected chi connectivity index (χ3v) is 5.69. The molecule has 2 atom stereocenters. The molecule has 2 unspecified atom stereocenters. The number of Topliss-reactive ketones (excluding diaryl/α,β-unsaturated/α-hetero) is 1. The summed E-state index contributed by atoms with van der Waals surface area (Å²) in [5, 5.41) is 6.36. The fourth-order valence-corrected chi connectivity index (χ4v) is 3.88. The van der Waals surface area contributed by atoms with Crippen molar-refractivity contribution in [1.82, 2.24) is 15.6 Å². The first-order valence-corrected chi connectivity index (χ1v) is 10.3. The highest BCUT2D eigenvalue weighted by atomic mass is 32.1. The first-order chi connectivity index (χ1) is 13.9. The summed E-state index contributed by atoms with van der Waals surface area (Å²) in [4.78, 5) is 41.1. The molecule has 0 spiro atoms. The number of fused-ring (bicyclic) bond motifs is 1. The third-order valence-electron chi connectivity index (χ3n) is 4.47. The topological polar surface area (TPSA) is 88.2 Å². The van der Waals surface area contributed by atoms with Crippen molar-refractivity contribution in [1.29, 1.82) is 0 Å². The SMILES string of the molecule is CC(NC(=O)CCC(=O)NC(C)c1nc2ccccc2s1)C(=O)c1ccccc1. The Morgan fingerprint density at radius 3 is 2.21 bits per heavy atom. The zero-order valence-electron chi connectivity index (χ0n) is 16.3. The van der Waals surface area contributed by atoms with Crippen LogP contribution in [0.15, 0.2) is 54.6 Å². The Balaban J connectivity index is 1.46. The van der Waals surface area contributed by atoms with E-state index in [1.165, 1.54) is 11.3 Å². The number of aromatic nitrogens is 1. The van der Waals surface area contributed by atoms with Gasteiger partial charge in [-0.05, 0) is 26.0 Å². The van der Waals surface area contributed by atoms with Crippen molar-refractivity contribution in [3.05, 3.63) is 65.2 Å². The summed E-state index contributed by atoms with van der Waals surface area (Å²) in [5.41, 5.74) is 1.45. The van der Waals surface area contributed by atoms with Gasteiger partial charge in [0.05, 0.1) is 22.3 Å². The lowest BCUT2D eigenvalue weighted by Crippen LogP contribution is -2.39. The van der Waals surface area contributed by atoms with Gasteiger partial charge in [-0.15, -0.1) is 11.3 Å². The second kappa shape index (κ2) is 9.43. The Labute approximate surface area is 173 Å². The van der Waals surface area contributed by atoms with Gasteiger partial charge in [0.15, 0.2) is 5.78 Å². The molecule has 2 aromatic carbocycles. The van der Waals surface area contributed by atoms with Crippen molar-refractivity contribution < 1.29 is 14.4 Å². The molecule has 6 nitrogen and oxygen atoms in total. The molecular formula is C22H23N3O3S. The molecule has 2 N–H and O–H groups in total. The number of thiazole rings is 1. The van der Waals surface area contributed by atoms with E-state index in [1.54, 1.807) is 31.2 Å². The van der Waals surface area contributed by atoms with Crippen molar-refractivity contribution in [3.63, 3.8) is 0 Å². The Kier molecular flexibility index (Phi) is 6.72. The average Bonchev–Trinajstić information content (AvgIpc) is 3.17. The molecule has 3 aromatic rings. The van der Waals surface area contributed by atoms with Crippen LogP contribution in [0.25, 0.3) is 10.2 Å². The molecule has 1 aromatic heterocycles. The van der Waals surface area contributed by atoms with Crippen molar-refractivity contribution in [2.45, 2.75) is 38.8 Å². The zero-order chi connectivity index (χ0) is 20.8. The van der Waals surface area contributed by atoms with E-state index < -0.39 is 6.04 Å². The summed E-state index contributed by atoms with van der Waals surface area (Å²) in [5.74, 6) is -0.716. The van der Waals surface area contributed by atoms with Gasteiger partial charge in [-0.2, -0.15) is 0 Å². The summed E-state index contributed by atoms with van der Waals surface area (Å²) in [6.45, 7) is 3.51. The van der Waals surface area contributed by atoms with Crippen LogP contribution in [0.2, 0.25) is 0 Å². The van der Waals surface area contributed by atoms with Crippen LogP contribution in [0.3, 0.4) is 0 Å². The molecule has 0 aliphatic carbocycles. The van der Waals surface area contributed by atoms with Crippen LogP contribution >= 0.6 is 11.3 Å². The van der Waals surface area contributed by atoms with Crippen LogP contribution in [-0.4, -0.2) is 28.6 Å². The molecule has 0 bridgehead atoms. The summed E-state index contributed by atoms with van der Waals surface area (Å²) < 4.78 is 1.07. The number of carbonyl (C=O) groups is 3. The monoisotopic (exact) mass is 409 g/mol. The molecule has 150 valence electrons. The molecular weight excluding hydrogens is 386 g/mol. The zero-order valence-corrected chi connectivity index (χ0v) is 17.2. The van der Waals surface area contributed by atoms with Gasteiger partial charge in [0.25, 0.3) is 0 Å². The minimum absolute atomic E-state index is 0.0187. The van der Waals surface area contributed by atoms with Gasteiger partial charge in [-0.3, -0.25) is 14.4 Å². The second-order valence-electron chi connectivity index (χ2n) is 6.83. The highest BCUT2D eigenvalue weighted by Gasteiger charge is 2.19. The van der Waals surface area contributed by atoms with Gasteiger partial charge in [0, 0.05) is 18.4 Å². The molecule has 2 amide bonds. The van der Waals surface area contributed by atoms with Crippen molar-refractivity contribution in [2.24, 2.45) is 0 Å². The van der Waals surface area contributed by atoms with Crippen LogP contribution in [0.1, 0.15) is 48.1 Å². The maximum absolute atomic E-state index is 12.3. The van der Waals surface area contributed by atoms with E-state index in [4.69, 9.17) is 0 Å². The summed E-state index contributed by atoms with van der Waals surface area (Å²) in [6.07, 6.45) is 0.0676. The number of para-hydroxylation sites is 1. The highest BCUT2D eigenvalue weighted by molar-refractivity contribution is 7.18. The van der Waals surface area contributed by atoms with Crippen LogP contribution in [0, 0.1) is 0 Å². The predicted molar refractivity (Wildman–Crippen MR) is 114 cm³/mol. The molecule has 0 aliphatic heterocycles. The normalized spacial score (nSPS) is 12.9. The number of amides is 2. The Bertz CT molecular complexity index is 983. The lowest BCUT2D eigenvalue weighted by molar-refractivity contribution is -0.127. The van der Waals surface area contributed by atoms with Gasteiger partial charge in [-0.25, -0.2) is 4.98 Å². The highest BCUT2D eigenvalue weighted by Crippen LogP contribution is 2.26. The molecule has 0 fully saturated rings. The van der Waals surface area contributed by atoms with E-state index in [0.29, 0.717) is 5.56 Å². The van der Waals surface area contributed by atoms with Crippen LogP contribution in [-0.2, 0) is 9.59 Å². The fraction of sp³-hybridized carbons (Fsp3) is 0.273. The number of hydrogen-bond donors (Lipinski definition) is 2. The number of rotatable bonds is 8. The van der Waals surface area contributed by atoms with E-state index >= 15 is 0 Å². The Morgan fingerprint density at radius 1 is 0.897 bits per heavy atom. The number of carbonyl (C=O) groups excluding carboxylic acids is 3. The Hall–Kier alpha value is -3.06. The maximum Gasteiger partial charge on any atom is 0.221 e. The first kappa shape index (κ1) is 20.7. The van der Waals surface area contributed by atoms with Crippen LogP contribution in [0.4, 0.5) is 0 Å². The van der Waals surface area contributed by atoms with E-state index in [1.807, 2.05) is 37.3 Å². The number of nitrogens with one attached hydrogen (secondary N) is 2. The fourth-order valence-electron chi connectivity index (χ4n) is 2.91. The number of hydrogen-bond acceptors (Lipinski definition) is 5. The van der Waals surface area contributed by atoms with Crippen molar-refractivity contribution in [3.8, 4) is 0 Å². The third kappa shape index (κ3) is 5.48. The summed E-state index contributed by atoms with van der Waals surface area (Å²) in [7, 11) is 0. The largest absolute Gasteiger partial charge is 0.347 e. The molecule has 0 aliphatic rings. The minimum Gasteiger partial charge on any atom is -0.347 e. The van der Waals surface area contributed by atoms with Gasteiger partial charge < -0.3 is 10.6 Å². The van der Waals surface area contributed by atoms with E-state index in [-0.39, 0.29) is 36.5 Å². The van der Waals surface area contributed by atoms with Crippen molar-refractivity contribution >= 4 is 39.2 Å². The molecule has 0 saturated carbocycles. The number of ketones is 1. The van der Waals surface area contributed by atoms with Gasteiger partial charge in [-0.1, -0.05) is 42.5 Å². The quantitative estimate of drug-likeness (QED) is 0.556. The summed E-state index contributed by atoms with van der Waals surface area (Å²) >= 11 is 1.54. The Morgan fingerprint density at radius 2 is 1.52 bits per heavy atom. The lowest BCUT2D eigenvalue weighted by Gasteiger charge is -2.14. The number of benzene rings is 2. The molecule has 3 rings (SSSR count). The standard InChI is InChI=1S/C22H23N3O3S/c1-14(21(28)16-8-4-3-5-9-16)23-19(26)12-13-20(27)24-15(2)22-25-17-10-6-7-11-18(17)29-22/h3-11,14-15H,12-13H2,1-2H3,(H,23,26)(H,24,27). The first-order valence-electron chi connectivity index (χ1n) is 9.47.